The highest BCUT2D eigenvalue weighted by atomic mass is 35.5. The van der Waals surface area contributed by atoms with Gasteiger partial charge in [-0.15, -0.1) is 11.6 Å². The lowest BCUT2D eigenvalue weighted by atomic mass is 10.1. The fourth-order valence-electron chi connectivity index (χ4n) is 1.24. The Kier molecular flexibility index (Phi) is 5.07. The number of benzene rings is 1. The van der Waals surface area contributed by atoms with Gasteiger partial charge < -0.3 is 4.74 Å². The highest BCUT2D eigenvalue weighted by molar-refractivity contribution is 6.19. The van der Waals surface area contributed by atoms with Crippen molar-refractivity contribution in [2.45, 2.75) is 20.3 Å². The number of aryl methyl sites for hydroxylation is 1. The Balaban J connectivity index is 2.78. The van der Waals surface area contributed by atoms with Crippen LogP contribution in [0.1, 0.15) is 24.5 Å². The molecular formula is C13H15ClO. The van der Waals surface area contributed by atoms with Gasteiger partial charge in [-0.3, -0.25) is 0 Å². The van der Waals surface area contributed by atoms with Crippen LogP contribution in [0.4, 0.5) is 0 Å². The summed E-state index contributed by atoms with van der Waals surface area (Å²) >= 11 is 5.49. The summed E-state index contributed by atoms with van der Waals surface area (Å²) in [4.78, 5) is 0. The predicted molar refractivity (Wildman–Crippen MR) is 64.6 cm³/mol. The van der Waals surface area contributed by atoms with Crippen molar-refractivity contribution in [2.24, 2.45) is 0 Å². The van der Waals surface area contributed by atoms with E-state index in [0.717, 1.165) is 29.9 Å². The molecule has 80 valence electrons. The fraction of sp³-hybridized carbons (Fsp3) is 0.385. The average Bonchev–Trinajstić information content (AvgIpc) is 2.25. The van der Waals surface area contributed by atoms with Crippen LogP contribution in [-0.4, -0.2) is 12.5 Å². The molecule has 1 nitrogen and oxygen atoms in total. The molecule has 15 heavy (non-hydrogen) atoms. The molecular weight excluding hydrogens is 208 g/mol. The number of ether oxygens (including phenoxy) is 1. The Morgan fingerprint density at radius 1 is 1.40 bits per heavy atom. The molecule has 0 aromatic heterocycles. The Hall–Kier alpha value is -1.13. The molecule has 0 atom stereocenters. The molecule has 0 aliphatic heterocycles. The van der Waals surface area contributed by atoms with E-state index in [4.69, 9.17) is 16.3 Å². The van der Waals surface area contributed by atoms with Gasteiger partial charge >= 0.3 is 0 Å². The monoisotopic (exact) mass is 222 g/mol. The van der Waals surface area contributed by atoms with Crippen LogP contribution < -0.4 is 4.74 Å². The van der Waals surface area contributed by atoms with Gasteiger partial charge in [0.1, 0.15) is 5.75 Å². The van der Waals surface area contributed by atoms with E-state index in [1.54, 1.807) is 0 Å². The highest BCUT2D eigenvalue weighted by Crippen LogP contribution is 2.18. The summed E-state index contributed by atoms with van der Waals surface area (Å²) in [7, 11) is 0. The van der Waals surface area contributed by atoms with E-state index in [0.29, 0.717) is 5.88 Å². The van der Waals surface area contributed by atoms with Crippen LogP contribution in [0.3, 0.4) is 0 Å². The van der Waals surface area contributed by atoms with Crippen LogP contribution >= 0.6 is 11.6 Å². The number of alkyl halides is 1. The van der Waals surface area contributed by atoms with Crippen molar-refractivity contribution in [3.05, 3.63) is 29.3 Å². The van der Waals surface area contributed by atoms with Gasteiger partial charge in [0.25, 0.3) is 0 Å². The van der Waals surface area contributed by atoms with Crippen molar-refractivity contribution in [1.82, 2.24) is 0 Å². The summed E-state index contributed by atoms with van der Waals surface area (Å²) in [6, 6.07) is 5.94. The largest absolute Gasteiger partial charge is 0.493 e. The minimum Gasteiger partial charge on any atom is -0.493 e. The van der Waals surface area contributed by atoms with Gasteiger partial charge in [0, 0.05) is 5.56 Å². The number of hydrogen-bond donors (Lipinski definition) is 0. The van der Waals surface area contributed by atoms with Crippen molar-refractivity contribution in [3.8, 4) is 17.6 Å². The van der Waals surface area contributed by atoms with Crippen molar-refractivity contribution >= 4 is 11.6 Å². The minimum atomic E-state index is 0.368. The maximum absolute atomic E-state index is 5.57. The van der Waals surface area contributed by atoms with Crippen LogP contribution in [0.15, 0.2) is 18.2 Å². The zero-order valence-electron chi connectivity index (χ0n) is 9.14. The summed E-state index contributed by atoms with van der Waals surface area (Å²) in [5.41, 5.74) is 2.10. The lowest BCUT2D eigenvalue weighted by Gasteiger charge is -2.07. The maximum Gasteiger partial charge on any atom is 0.122 e. The maximum atomic E-state index is 5.57. The average molecular weight is 223 g/mol. The molecule has 0 spiro atoms. The first-order valence-corrected chi connectivity index (χ1v) is 5.59. The van der Waals surface area contributed by atoms with Crippen LogP contribution in [0.5, 0.6) is 5.75 Å². The van der Waals surface area contributed by atoms with Crippen LogP contribution in [0.2, 0.25) is 0 Å². The molecule has 0 unspecified atom stereocenters. The number of rotatable bonds is 3. The summed E-state index contributed by atoms with van der Waals surface area (Å²) < 4.78 is 5.57. The Morgan fingerprint density at radius 3 is 2.80 bits per heavy atom. The third-order valence-corrected chi connectivity index (χ3v) is 2.07. The molecule has 1 rings (SSSR count). The Bertz CT molecular complexity index is 374. The third-order valence-electron chi connectivity index (χ3n) is 1.94. The van der Waals surface area contributed by atoms with E-state index in [9.17, 15) is 0 Å². The van der Waals surface area contributed by atoms with E-state index in [-0.39, 0.29) is 0 Å². The molecule has 2 heteroatoms. The first kappa shape index (κ1) is 11.9. The number of halogens is 1. The van der Waals surface area contributed by atoms with Gasteiger partial charge in [0.15, 0.2) is 0 Å². The lowest BCUT2D eigenvalue weighted by Crippen LogP contribution is -1.96. The van der Waals surface area contributed by atoms with E-state index in [2.05, 4.69) is 18.8 Å². The standard InChI is InChI=1S/C13H15ClO/c1-3-9-15-13-7-6-12(5-4-8-14)10-11(13)2/h6-7,10H,3,8-9H2,1-2H3. The van der Waals surface area contributed by atoms with E-state index in [1.807, 2.05) is 25.1 Å². The summed E-state index contributed by atoms with van der Waals surface area (Å²) in [6.45, 7) is 4.88. The highest BCUT2D eigenvalue weighted by Gasteiger charge is 1.98. The molecule has 1 aromatic carbocycles. The molecule has 0 N–H and O–H groups in total. The number of hydrogen-bond acceptors (Lipinski definition) is 1. The zero-order chi connectivity index (χ0) is 11.1. The smallest absolute Gasteiger partial charge is 0.122 e. The predicted octanol–water partition coefficient (Wildman–Crippen LogP) is 3.37. The Labute approximate surface area is 96.4 Å². The van der Waals surface area contributed by atoms with Crippen molar-refractivity contribution in [2.75, 3.05) is 12.5 Å². The van der Waals surface area contributed by atoms with Gasteiger partial charge in [-0.1, -0.05) is 18.8 Å². The molecule has 0 saturated carbocycles. The van der Waals surface area contributed by atoms with Crippen LogP contribution in [-0.2, 0) is 0 Å². The summed E-state index contributed by atoms with van der Waals surface area (Å²) in [5, 5.41) is 0. The SMILES string of the molecule is CCCOc1ccc(C#CCCl)cc1C. The van der Waals surface area contributed by atoms with Crippen molar-refractivity contribution in [3.63, 3.8) is 0 Å². The minimum absolute atomic E-state index is 0.368. The van der Waals surface area contributed by atoms with Crippen LogP contribution in [0.25, 0.3) is 0 Å². The molecule has 0 heterocycles. The van der Waals surface area contributed by atoms with E-state index >= 15 is 0 Å². The van der Waals surface area contributed by atoms with Gasteiger partial charge in [0.2, 0.25) is 0 Å². The normalized spacial score (nSPS) is 9.27. The second-order valence-electron chi connectivity index (χ2n) is 3.26. The van der Waals surface area contributed by atoms with Crippen LogP contribution in [0, 0.1) is 18.8 Å². The van der Waals surface area contributed by atoms with Gasteiger partial charge in [-0.2, -0.15) is 0 Å². The molecule has 0 aliphatic carbocycles. The second kappa shape index (κ2) is 6.37. The van der Waals surface area contributed by atoms with Gasteiger partial charge in [-0.25, -0.2) is 0 Å². The van der Waals surface area contributed by atoms with Crippen molar-refractivity contribution in [1.29, 1.82) is 0 Å². The van der Waals surface area contributed by atoms with Crippen molar-refractivity contribution < 1.29 is 4.74 Å². The van der Waals surface area contributed by atoms with E-state index < -0.39 is 0 Å². The third kappa shape index (κ3) is 3.85. The summed E-state index contributed by atoms with van der Waals surface area (Å²) in [5.74, 6) is 7.12. The molecule has 0 bridgehead atoms. The molecule has 0 radical (unpaired) electrons. The van der Waals surface area contributed by atoms with Gasteiger partial charge in [0.05, 0.1) is 12.5 Å². The first-order valence-electron chi connectivity index (χ1n) is 5.06. The topological polar surface area (TPSA) is 9.23 Å². The molecule has 0 amide bonds. The summed E-state index contributed by atoms with van der Waals surface area (Å²) in [6.07, 6.45) is 1.02. The molecule has 0 saturated heterocycles. The fourth-order valence-corrected chi connectivity index (χ4v) is 1.30. The molecule has 0 aliphatic rings. The van der Waals surface area contributed by atoms with E-state index in [1.165, 1.54) is 0 Å². The first-order chi connectivity index (χ1) is 7.27. The Morgan fingerprint density at radius 2 is 2.20 bits per heavy atom. The zero-order valence-corrected chi connectivity index (χ0v) is 9.90. The molecule has 0 fully saturated rings. The molecule has 1 aromatic rings. The van der Waals surface area contributed by atoms with Gasteiger partial charge in [-0.05, 0) is 37.1 Å². The lowest BCUT2D eigenvalue weighted by molar-refractivity contribution is 0.315. The quantitative estimate of drug-likeness (QED) is 0.563. The second-order valence-corrected chi connectivity index (χ2v) is 3.53.